The molecule has 1 amide bonds. The molecule has 0 saturated heterocycles. The highest BCUT2D eigenvalue weighted by molar-refractivity contribution is 5.94. The van der Waals surface area contributed by atoms with E-state index in [2.05, 4.69) is 25.2 Å². The predicted octanol–water partition coefficient (Wildman–Crippen LogP) is 2.94. The summed E-state index contributed by atoms with van der Waals surface area (Å²) in [7, 11) is 3.42. The molecular weight excluding hydrogens is 382 g/mol. The topological polar surface area (TPSA) is 123 Å². The zero-order chi connectivity index (χ0) is 21.3. The minimum atomic E-state index is -0.0684. The molecule has 1 unspecified atom stereocenters. The molecule has 9 heteroatoms. The van der Waals surface area contributed by atoms with Crippen molar-refractivity contribution in [2.75, 3.05) is 19.8 Å². The summed E-state index contributed by atoms with van der Waals surface area (Å²) in [5, 5.41) is 8.30. The second-order valence-corrected chi connectivity index (χ2v) is 7.20. The fourth-order valence-corrected chi connectivity index (χ4v) is 3.12. The number of amides is 1. The maximum absolute atomic E-state index is 12.1. The van der Waals surface area contributed by atoms with E-state index in [0.29, 0.717) is 29.3 Å². The summed E-state index contributed by atoms with van der Waals surface area (Å²) >= 11 is 0. The monoisotopic (exact) mass is 403 g/mol. The van der Waals surface area contributed by atoms with E-state index in [1.54, 1.807) is 38.6 Å². The lowest BCUT2D eigenvalue weighted by atomic mass is 9.97. The first-order chi connectivity index (χ1) is 14.4. The Kier molecular flexibility index (Phi) is 5.09. The molecule has 3 aromatic rings. The van der Waals surface area contributed by atoms with Gasteiger partial charge in [0, 0.05) is 37.6 Å². The van der Waals surface area contributed by atoms with Gasteiger partial charge < -0.3 is 15.1 Å². The molecule has 9 nitrogen and oxygen atoms in total. The van der Waals surface area contributed by atoms with Gasteiger partial charge in [0.1, 0.15) is 0 Å². The highest BCUT2D eigenvalue weighted by atomic mass is 16.4. The van der Waals surface area contributed by atoms with Gasteiger partial charge in [-0.25, -0.2) is 9.97 Å². The molecule has 1 aliphatic heterocycles. The number of benzene rings is 1. The molecule has 2 N–H and O–H groups in total. The second kappa shape index (κ2) is 7.86. The third-order valence-corrected chi connectivity index (χ3v) is 4.85. The first-order valence-corrected chi connectivity index (χ1v) is 9.40. The van der Waals surface area contributed by atoms with Crippen LogP contribution in [-0.4, -0.2) is 51.3 Å². The van der Waals surface area contributed by atoms with Crippen LogP contribution in [0.4, 0.5) is 5.82 Å². The van der Waals surface area contributed by atoms with Crippen molar-refractivity contribution in [1.29, 1.82) is 0 Å². The van der Waals surface area contributed by atoms with Crippen molar-refractivity contribution in [3.63, 3.8) is 0 Å². The van der Waals surface area contributed by atoms with Gasteiger partial charge in [0.25, 0.3) is 11.8 Å². The molecule has 0 bridgehead atoms. The van der Waals surface area contributed by atoms with Crippen LogP contribution < -0.4 is 5.73 Å². The Balaban J connectivity index is 1.64. The van der Waals surface area contributed by atoms with Crippen molar-refractivity contribution in [3.05, 3.63) is 53.7 Å². The van der Waals surface area contributed by atoms with Crippen molar-refractivity contribution >= 4 is 17.9 Å². The number of hydrogen-bond acceptors (Lipinski definition) is 8. The lowest BCUT2D eigenvalue weighted by molar-refractivity contribution is 0.0827. The number of aliphatic imine (C=N–C) groups is 1. The molecule has 30 heavy (non-hydrogen) atoms. The quantitative estimate of drug-likeness (QED) is 0.710. The van der Waals surface area contributed by atoms with Gasteiger partial charge in [-0.05, 0) is 31.1 Å². The first kappa shape index (κ1) is 19.4. The molecule has 1 aromatic carbocycles. The molecule has 3 heterocycles. The van der Waals surface area contributed by atoms with Crippen molar-refractivity contribution < 1.29 is 9.21 Å². The fourth-order valence-electron chi connectivity index (χ4n) is 3.12. The summed E-state index contributed by atoms with van der Waals surface area (Å²) in [6.45, 7) is 1.98. The van der Waals surface area contributed by atoms with Crippen LogP contribution in [0.25, 0.3) is 22.8 Å². The van der Waals surface area contributed by atoms with Gasteiger partial charge in [0.15, 0.2) is 11.5 Å². The lowest BCUT2D eigenvalue weighted by Gasteiger charge is -2.13. The van der Waals surface area contributed by atoms with Gasteiger partial charge in [0.05, 0.1) is 17.8 Å². The highest BCUT2D eigenvalue weighted by Crippen LogP contribution is 2.31. The first-order valence-electron chi connectivity index (χ1n) is 9.40. The van der Waals surface area contributed by atoms with Crippen LogP contribution >= 0.6 is 0 Å². The van der Waals surface area contributed by atoms with E-state index in [9.17, 15) is 4.79 Å². The highest BCUT2D eigenvalue weighted by Gasteiger charge is 2.23. The zero-order valence-electron chi connectivity index (χ0n) is 16.9. The number of anilines is 1. The van der Waals surface area contributed by atoms with Crippen LogP contribution in [0.15, 0.2) is 51.6 Å². The van der Waals surface area contributed by atoms with Gasteiger partial charge in [-0.3, -0.25) is 9.79 Å². The van der Waals surface area contributed by atoms with E-state index in [1.165, 1.54) is 4.90 Å². The molecule has 152 valence electrons. The largest absolute Gasteiger partial charge is 0.419 e. The third kappa shape index (κ3) is 3.69. The Morgan fingerprint density at radius 1 is 1.20 bits per heavy atom. The summed E-state index contributed by atoms with van der Waals surface area (Å²) in [5.74, 6) is 0.824. The summed E-state index contributed by atoms with van der Waals surface area (Å²) in [6, 6.07) is 7.13. The van der Waals surface area contributed by atoms with Crippen LogP contribution in [0.2, 0.25) is 0 Å². The number of nitrogens with zero attached hydrogens (tertiary/aromatic N) is 6. The molecule has 4 rings (SSSR count). The predicted molar refractivity (Wildman–Crippen MR) is 113 cm³/mol. The maximum Gasteiger partial charge on any atom is 0.270 e. The summed E-state index contributed by atoms with van der Waals surface area (Å²) in [6.07, 6.45) is 5.88. The minimum absolute atomic E-state index is 0.0112. The second-order valence-electron chi connectivity index (χ2n) is 7.20. The van der Waals surface area contributed by atoms with Crippen molar-refractivity contribution in [3.8, 4) is 22.8 Å². The lowest BCUT2D eigenvalue weighted by Crippen LogP contribution is -2.21. The number of rotatable bonds is 4. The molecule has 1 atom stereocenters. The number of aromatic nitrogens is 4. The van der Waals surface area contributed by atoms with Crippen LogP contribution in [-0.2, 0) is 0 Å². The molecule has 0 spiro atoms. The molecular formula is C21H21N7O2. The van der Waals surface area contributed by atoms with Crippen molar-refractivity contribution in [2.24, 2.45) is 4.99 Å². The molecule has 2 aromatic heterocycles. The summed E-state index contributed by atoms with van der Waals surface area (Å²) in [4.78, 5) is 26.6. The van der Waals surface area contributed by atoms with E-state index in [4.69, 9.17) is 10.2 Å². The average molecular weight is 403 g/mol. The fraction of sp³-hybridized carbons (Fsp3) is 0.238. The normalized spacial score (nSPS) is 15.7. The molecule has 1 aliphatic rings. The van der Waals surface area contributed by atoms with E-state index >= 15 is 0 Å². The van der Waals surface area contributed by atoms with Gasteiger partial charge in [0.2, 0.25) is 5.89 Å². The molecule has 0 radical (unpaired) electrons. The standard InChI is InChI=1S/C21H21N7O2/c1-12-10-23-9-8-15(12)19-26-27-20(30-19)17-18(22)24-11-16(25-17)13-4-6-14(7-5-13)21(29)28(2)3/h4-7,9-11,15H,8H2,1-3H3,(H2,22,24). The van der Waals surface area contributed by atoms with E-state index in [-0.39, 0.29) is 23.5 Å². The third-order valence-electron chi connectivity index (χ3n) is 4.85. The van der Waals surface area contributed by atoms with E-state index < -0.39 is 0 Å². The van der Waals surface area contributed by atoms with Crippen LogP contribution in [0.5, 0.6) is 0 Å². The average Bonchev–Trinajstić information content (AvgIpc) is 3.23. The number of hydrogen-bond donors (Lipinski definition) is 1. The van der Waals surface area contributed by atoms with Crippen molar-refractivity contribution in [2.45, 2.75) is 19.3 Å². The van der Waals surface area contributed by atoms with Crippen LogP contribution in [0.1, 0.15) is 35.5 Å². The Labute approximate surface area is 173 Å². The smallest absolute Gasteiger partial charge is 0.270 e. The minimum Gasteiger partial charge on any atom is -0.419 e. The van der Waals surface area contributed by atoms with Crippen molar-refractivity contribution in [1.82, 2.24) is 25.1 Å². The number of nitrogens with two attached hydrogens (primary N) is 1. The molecule has 0 saturated carbocycles. The number of nitrogen functional groups attached to an aromatic ring is 1. The van der Waals surface area contributed by atoms with Gasteiger partial charge in [-0.1, -0.05) is 12.1 Å². The van der Waals surface area contributed by atoms with E-state index in [1.807, 2.05) is 25.3 Å². The summed E-state index contributed by atoms with van der Waals surface area (Å²) < 4.78 is 5.87. The van der Waals surface area contributed by atoms with Gasteiger partial charge in [-0.15, -0.1) is 10.2 Å². The van der Waals surface area contributed by atoms with Crippen LogP contribution in [0.3, 0.4) is 0 Å². The Morgan fingerprint density at radius 2 is 1.97 bits per heavy atom. The summed E-state index contributed by atoms with van der Waals surface area (Å²) in [5.41, 5.74) is 9.37. The van der Waals surface area contributed by atoms with E-state index in [0.717, 1.165) is 11.1 Å². The Bertz CT molecular complexity index is 1150. The van der Waals surface area contributed by atoms with Crippen LogP contribution in [0, 0.1) is 0 Å². The SMILES string of the molecule is CC1=CN=CCC1c1nnc(-c2nc(-c3ccc(C(=O)N(C)C)cc3)cnc2N)o1. The number of carbonyl (C=O) groups is 1. The number of allylic oxidation sites excluding steroid dienone is 1. The Morgan fingerprint density at radius 3 is 2.67 bits per heavy atom. The molecule has 0 aliphatic carbocycles. The molecule has 0 fully saturated rings. The maximum atomic E-state index is 12.1. The number of carbonyl (C=O) groups excluding carboxylic acids is 1. The van der Waals surface area contributed by atoms with Gasteiger partial charge in [-0.2, -0.15) is 0 Å². The van der Waals surface area contributed by atoms with Gasteiger partial charge >= 0.3 is 0 Å². The zero-order valence-corrected chi connectivity index (χ0v) is 16.9. The Hall–Kier alpha value is -3.88.